The van der Waals surface area contributed by atoms with E-state index in [0.717, 1.165) is 37.4 Å². The lowest BCUT2D eigenvalue weighted by atomic mass is 10.1. The van der Waals surface area contributed by atoms with E-state index in [-0.39, 0.29) is 11.9 Å². The van der Waals surface area contributed by atoms with Crippen molar-refractivity contribution in [3.63, 3.8) is 0 Å². The molecule has 162 valence electrons. The van der Waals surface area contributed by atoms with Gasteiger partial charge >= 0.3 is 6.03 Å². The van der Waals surface area contributed by atoms with Crippen LogP contribution in [0.4, 0.5) is 9.18 Å². The van der Waals surface area contributed by atoms with Crippen LogP contribution in [0.2, 0.25) is 0 Å². The van der Waals surface area contributed by atoms with E-state index >= 15 is 0 Å². The number of benzene rings is 1. The van der Waals surface area contributed by atoms with Crippen molar-refractivity contribution in [2.24, 2.45) is 0 Å². The summed E-state index contributed by atoms with van der Waals surface area (Å²) in [5, 5.41) is 13.3. The van der Waals surface area contributed by atoms with Crippen molar-refractivity contribution in [1.82, 2.24) is 30.3 Å². The van der Waals surface area contributed by atoms with Gasteiger partial charge in [0.15, 0.2) is 11.0 Å². The number of carbonyl (C=O) groups excluding carboxylic acids is 2. The largest absolute Gasteiger partial charge is 0.341 e. The Labute approximate surface area is 179 Å². The summed E-state index contributed by atoms with van der Waals surface area (Å²) in [7, 11) is 1.44. The normalized spacial score (nSPS) is 16.7. The number of halogens is 1. The number of imide groups is 1. The summed E-state index contributed by atoms with van der Waals surface area (Å²) in [6, 6.07) is 5.58. The SMILES string of the molecule is CNC(=O)NC(=O)C(C)Sc1nnc(C(C)N2CCCCC2)n1-c1ccc(F)cc1. The van der Waals surface area contributed by atoms with Crippen LogP contribution in [0, 0.1) is 5.82 Å². The van der Waals surface area contributed by atoms with Gasteiger partial charge in [-0.3, -0.25) is 19.6 Å². The first-order chi connectivity index (χ1) is 14.4. The van der Waals surface area contributed by atoms with Crippen LogP contribution in [0.3, 0.4) is 0 Å². The third-order valence-electron chi connectivity index (χ3n) is 5.17. The van der Waals surface area contributed by atoms with Crippen molar-refractivity contribution in [2.75, 3.05) is 20.1 Å². The van der Waals surface area contributed by atoms with Crippen LogP contribution in [0.5, 0.6) is 0 Å². The highest BCUT2D eigenvalue weighted by atomic mass is 32.2. The summed E-state index contributed by atoms with van der Waals surface area (Å²) in [5.74, 6) is -0.0199. The van der Waals surface area contributed by atoms with E-state index in [1.807, 2.05) is 4.57 Å². The van der Waals surface area contributed by atoms with Gasteiger partial charge in [-0.1, -0.05) is 18.2 Å². The van der Waals surface area contributed by atoms with Gasteiger partial charge < -0.3 is 5.32 Å². The molecule has 2 unspecified atom stereocenters. The molecule has 8 nitrogen and oxygen atoms in total. The lowest BCUT2D eigenvalue weighted by Crippen LogP contribution is -2.41. The van der Waals surface area contributed by atoms with Crippen molar-refractivity contribution in [2.45, 2.75) is 49.6 Å². The molecule has 0 bridgehead atoms. The lowest BCUT2D eigenvalue weighted by Gasteiger charge is -2.32. The Morgan fingerprint density at radius 2 is 1.77 bits per heavy atom. The second kappa shape index (κ2) is 10.0. The van der Waals surface area contributed by atoms with Crippen LogP contribution in [-0.4, -0.2) is 57.0 Å². The minimum Gasteiger partial charge on any atom is -0.341 e. The van der Waals surface area contributed by atoms with Gasteiger partial charge in [-0.05, 0) is 64.0 Å². The van der Waals surface area contributed by atoms with E-state index < -0.39 is 17.2 Å². The number of piperidine rings is 1. The zero-order chi connectivity index (χ0) is 21.7. The first-order valence-electron chi connectivity index (χ1n) is 10.0. The highest BCUT2D eigenvalue weighted by molar-refractivity contribution is 8.00. The maximum atomic E-state index is 13.5. The number of aromatic nitrogens is 3. The van der Waals surface area contributed by atoms with Crippen molar-refractivity contribution in [1.29, 1.82) is 0 Å². The fourth-order valence-corrected chi connectivity index (χ4v) is 4.29. The minimum absolute atomic E-state index is 0.0206. The lowest BCUT2D eigenvalue weighted by molar-refractivity contribution is -0.119. The standard InChI is InChI=1S/C20H27FN6O2S/c1-13(26-11-5-4-6-12-26)17-24-25-20(27(17)16-9-7-15(21)8-10-16)30-14(2)18(28)23-19(29)22-3/h7-10,13-14H,4-6,11-12H2,1-3H3,(H2,22,23,28,29). The van der Waals surface area contributed by atoms with E-state index in [1.54, 1.807) is 19.1 Å². The first-order valence-corrected chi connectivity index (χ1v) is 10.9. The Hall–Kier alpha value is -2.46. The number of hydrogen-bond acceptors (Lipinski definition) is 6. The van der Waals surface area contributed by atoms with Gasteiger partial charge in [0.1, 0.15) is 5.82 Å². The molecule has 3 rings (SSSR count). The predicted molar refractivity (Wildman–Crippen MR) is 113 cm³/mol. The zero-order valence-electron chi connectivity index (χ0n) is 17.4. The molecule has 30 heavy (non-hydrogen) atoms. The van der Waals surface area contributed by atoms with E-state index in [9.17, 15) is 14.0 Å². The average molecular weight is 435 g/mol. The molecule has 2 aromatic rings. The molecule has 0 aliphatic carbocycles. The van der Waals surface area contributed by atoms with Crippen molar-refractivity contribution < 1.29 is 14.0 Å². The number of likely N-dealkylation sites (tertiary alicyclic amines) is 1. The molecule has 2 heterocycles. The number of nitrogens with zero attached hydrogens (tertiary/aromatic N) is 4. The smallest absolute Gasteiger partial charge is 0.321 e. The van der Waals surface area contributed by atoms with Crippen molar-refractivity contribution in [3.05, 3.63) is 35.9 Å². The minimum atomic E-state index is -0.580. The fraction of sp³-hybridized carbons (Fsp3) is 0.500. The molecule has 10 heteroatoms. The zero-order valence-corrected chi connectivity index (χ0v) is 18.2. The molecular formula is C20H27FN6O2S. The number of nitrogens with one attached hydrogen (secondary N) is 2. The highest BCUT2D eigenvalue weighted by Gasteiger charge is 2.27. The monoisotopic (exact) mass is 434 g/mol. The Morgan fingerprint density at radius 3 is 2.40 bits per heavy atom. The third kappa shape index (κ3) is 5.17. The van der Waals surface area contributed by atoms with E-state index in [0.29, 0.717) is 5.16 Å². The number of thioether (sulfide) groups is 1. The summed E-state index contributed by atoms with van der Waals surface area (Å²) in [6.07, 6.45) is 3.52. The number of hydrogen-bond donors (Lipinski definition) is 2. The van der Waals surface area contributed by atoms with Crippen LogP contribution in [-0.2, 0) is 4.79 Å². The first kappa shape index (κ1) is 22.2. The van der Waals surface area contributed by atoms with Crippen LogP contribution in [0.25, 0.3) is 5.69 Å². The number of amides is 3. The molecule has 0 saturated carbocycles. The second-order valence-electron chi connectivity index (χ2n) is 7.25. The molecular weight excluding hydrogens is 407 g/mol. The molecule has 2 N–H and O–H groups in total. The van der Waals surface area contributed by atoms with Gasteiger partial charge in [0.05, 0.1) is 11.3 Å². The van der Waals surface area contributed by atoms with Crippen LogP contribution in [0.15, 0.2) is 29.4 Å². The van der Waals surface area contributed by atoms with Crippen LogP contribution in [0.1, 0.15) is 45.0 Å². The van der Waals surface area contributed by atoms with Gasteiger partial charge in [-0.15, -0.1) is 10.2 Å². The Balaban J connectivity index is 1.90. The maximum absolute atomic E-state index is 13.5. The second-order valence-corrected chi connectivity index (χ2v) is 8.56. The highest BCUT2D eigenvalue weighted by Crippen LogP contribution is 2.31. The third-order valence-corrected chi connectivity index (χ3v) is 6.21. The average Bonchev–Trinajstić information content (AvgIpc) is 3.17. The fourth-order valence-electron chi connectivity index (χ4n) is 3.42. The van der Waals surface area contributed by atoms with Gasteiger partial charge in [0.25, 0.3) is 0 Å². The molecule has 1 saturated heterocycles. The molecule has 1 aromatic heterocycles. The van der Waals surface area contributed by atoms with Crippen molar-refractivity contribution in [3.8, 4) is 5.69 Å². The van der Waals surface area contributed by atoms with Gasteiger partial charge in [-0.2, -0.15) is 0 Å². The molecule has 1 fully saturated rings. The topological polar surface area (TPSA) is 92.2 Å². The van der Waals surface area contributed by atoms with Gasteiger partial charge in [0, 0.05) is 12.7 Å². The van der Waals surface area contributed by atoms with Gasteiger partial charge in [0.2, 0.25) is 5.91 Å². The molecule has 1 aromatic carbocycles. The van der Waals surface area contributed by atoms with Gasteiger partial charge in [-0.25, -0.2) is 9.18 Å². The number of carbonyl (C=O) groups is 2. The van der Waals surface area contributed by atoms with E-state index in [1.165, 1.54) is 37.4 Å². The summed E-state index contributed by atoms with van der Waals surface area (Å²) in [6.45, 7) is 5.77. The summed E-state index contributed by atoms with van der Waals surface area (Å²) in [5.41, 5.74) is 0.724. The maximum Gasteiger partial charge on any atom is 0.321 e. The molecule has 1 aliphatic heterocycles. The molecule has 1 aliphatic rings. The molecule has 2 atom stereocenters. The van der Waals surface area contributed by atoms with Crippen LogP contribution >= 0.6 is 11.8 Å². The summed E-state index contributed by atoms with van der Waals surface area (Å²) < 4.78 is 15.4. The van der Waals surface area contributed by atoms with E-state index in [2.05, 4.69) is 32.7 Å². The summed E-state index contributed by atoms with van der Waals surface area (Å²) in [4.78, 5) is 26.1. The number of rotatable bonds is 6. The van der Waals surface area contributed by atoms with E-state index in [4.69, 9.17) is 0 Å². The number of urea groups is 1. The van der Waals surface area contributed by atoms with Crippen LogP contribution < -0.4 is 10.6 Å². The quantitative estimate of drug-likeness (QED) is 0.680. The Morgan fingerprint density at radius 1 is 1.10 bits per heavy atom. The Kier molecular flexibility index (Phi) is 7.43. The molecule has 0 spiro atoms. The van der Waals surface area contributed by atoms with Crippen molar-refractivity contribution >= 4 is 23.7 Å². The summed E-state index contributed by atoms with van der Waals surface area (Å²) >= 11 is 1.20. The Bertz CT molecular complexity index is 882. The molecule has 3 amide bonds. The molecule has 0 radical (unpaired) electrons. The predicted octanol–water partition coefficient (Wildman–Crippen LogP) is 2.89.